The van der Waals surface area contributed by atoms with Crippen molar-refractivity contribution >= 4 is 23.3 Å². The number of carbonyl (C=O) groups excluding carboxylic acids is 2. The summed E-state index contributed by atoms with van der Waals surface area (Å²) in [4.78, 5) is 26.1. The number of urea groups is 1. The van der Waals surface area contributed by atoms with Crippen LogP contribution >= 0.6 is 0 Å². The van der Waals surface area contributed by atoms with Crippen molar-refractivity contribution in [3.05, 3.63) is 54.1 Å². The molecule has 29 heavy (non-hydrogen) atoms. The van der Waals surface area contributed by atoms with Crippen LogP contribution in [0.2, 0.25) is 0 Å². The SMILES string of the molecule is CCN(CC)C(CNC(=O)Nc1ccc2c(c1)OCC(=O)N2)Cc1ccccc1. The van der Waals surface area contributed by atoms with Crippen molar-refractivity contribution in [1.29, 1.82) is 0 Å². The molecule has 1 atom stereocenters. The second kappa shape index (κ2) is 9.93. The molecular weight excluding hydrogens is 368 g/mol. The van der Waals surface area contributed by atoms with E-state index in [1.54, 1.807) is 18.2 Å². The lowest BCUT2D eigenvalue weighted by Gasteiger charge is -2.30. The number of likely N-dealkylation sites (N-methyl/N-ethyl adjacent to an activating group) is 1. The second-order valence-corrected chi connectivity index (χ2v) is 6.95. The summed E-state index contributed by atoms with van der Waals surface area (Å²) in [6.45, 7) is 6.63. The van der Waals surface area contributed by atoms with Gasteiger partial charge in [-0.1, -0.05) is 44.2 Å². The second-order valence-electron chi connectivity index (χ2n) is 6.95. The predicted molar refractivity (Wildman–Crippen MR) is 114 cm³/mol. The first-order chi connectivity index (χ1) is 14.1. The van der Waals surface area contributed by atoms with E-state index in [1.807, 2.05) is 18.2 Å². The molecule has 3 N–H and O–H groups in total. The van der Waals surface area contributed by atoms with Crippen LogP contribution in [0.1, 0.15) is 19.4 Å². The Morgan fingerprint density at radius 2 is 1.93 bits per heavy atom. The molecule has 154 valence electrons. The fourth-order valence-electron chi connectivity index (χ4n) is 3.49. The highest BCUT2D eigenvalue weighted by Gasteiger charge is 2.19. The van der Waals surface area contributed by atoms with Crippen molar-refractivity contribution in [1.82, 2.24) is 10.2 Å². The van der Waals surface area contributed by atoms with Crippen molar-refractivity contribution in [2.24, 2.45) is 0 Å². The van der Waals surface area contributed by atoms with Gasteiger partial charge in [-0.2, -0.15) is 0 Å². The van der Waals surface area contributed by atoms with Gasteiger partial charge in [-0.05, 0) is 37.2 Å². The molecule has 0 saturated carbocycles. The lowest BCUT2D eigenvalue weighted by molar-refractivity contribution is -0.118. The van der Waals surface area contributed by atoms with E-state index in [-0.39, 0.29) is 24.6 Å². The minimum absolute atomic E-state index is 0.0202. The Labute approximate surface area is 171 Å². The van der Waals surface area contributed by atoms with Gasteiger partial charge in [0.1, 0.15) is 5.75 Å². The third kappa shape index (κ3) is 5.71. The number of nitrogens with zero attached hydrogens (tertiary/aromatic N) is 1. The van der Waals surface area contributed by atoms with Gasteiger partial charge in [0.25, 0.3) is 5.91 Å². The maximum atomic E-state index is 12.4. The summed E-state index contributed by atoms with van der Waals surface area (Å²) in [6.07, 6.45) is 0.870. The molecular formula is C22H28N4O3. The first-order valence-corrected chi connectivity index (χ1v) is 9.98. The molecule has 2 aromatic rings. The molecule has 7 heteroatoms. The van der Waals surface area contributed by atoms with Crippen LogP contribution in [0.15, 0.2) is 48.5 Å². The van der Waals surface area contributed by atoms with E-state index in [4.69, 9.17) is 4.74 Å². The molecule has 0 aliphatic carbocycles. The third-order valence-corrected chi connectivity index (χ3v) is 5.01. The van der Waals surface area contributed by atoms with Crippen molar-refractivity contribution in [3.63, 3.8) is 0 Å². The summed E-state index contributed by atoms with van der Waals surface area (Å²) in [6, 6.07) is 15.4. The number of ether oxygens (including phenoxy) is 1. The standard InChI is InChI=1S/C22H28N4O3/c1-3-26(4-2)18(12-16-8-6-5-7-9-16)14-23-22(28)24-17-10-11-19-20(13-17)29-15-21(27)25-19/h5-11,13,18H,3-4,12,14-15H2,1-2H3,(H,25,27)(H2,23,24,28). The van der Waals surface area contributed by atoms with E-state index in [9.17, 15) is 9.59 Å². The number of benzene rings is 2. The highest BCUT2D eigenvalue weighted by molar-refractivity contribution is 5.96. The van der Waals surface area contributed by atoms with E-state index in [0.29, 0.717) is 23.7 Å². The summed E-state index contributed by atoms with van der Waals surface area (Å²) in [7, 11) is 0. The van der Waals surface area contributed by atoms with Crippen molar-refractivity contribution in [3.8, 4) is 5.75 Å². The monoisotopic (exact) mass is 396 g/mol. The fourth-order valence-corrected chi connectivity index (χ4v) is 3.49. The van der Waals surface area contributed by atoms with Crippen LogP contribution in [-0.2, 0) is 11.2 Å². The van der Waals surface area contributed by atoms with E-state index in [2.05, 4.69) is 46.8 Å². The van der Waals surface area contributed by atoms with Gasteiger partial charge < -0.3 is 20.7 Å². The summed E-state index contributed by atoms with van der Waals surface area (Å²) in [5.41, 5.74) is 2.47. The van der Waals surface area contributed by atoms with Gasteiger partial charge in [-0.25, -0.2) is 4.79 Å². The number of amides is 3. The minimum atomic E-state index is -0.269. The number of nitrogens with one attached hydrogen (secondary N) is 3. The average molecular weight is 396 g/mol. The lowest BCUT2D eigenvalue weighted by atomic mass is 10.0. The smallest absolute Gasteiger partial charge is 0.319 e. The molecule has 3 rings (SSSR count). The maximum absolute atomic E-state index is 12.4. The lowest BCUT2D eigenvalue weighted by Crippen LogP contribution is -2.46. The number of hydrogen-bond acceptors (Lipinski definition) is 4. The van der Waals surface area contributed by atoms with E-state index >= 15 is 0 Å². The highest BCUT2D eigenvalue weighted by atomic mass is 16.5. The molecule has 1 heterocycles. The maximum Gasteiger partial charge on any atom is 0.319 e. The first kappa shape index (κ1) is 20.7. The van der Waals surface area contributed by atoms with Gasteiger partial charge >= 0.3 is 6.03 Å². The molecule has 3 amide bonds. The zero-order chi connectivity index (χ0) is 20.6. The molecule has 0 radical (unpaired) electrons. The Bertz CT molecular complexity index is 837. The number of fused-ring (bicyclic) bond motifs is 1. The molecule has 7 nitrogen and oxygen atoms in total. The highest BCUT2D eigenvalue weighted by Crippen LogP contribution is 2.30. The first-order valence-electron chi connectivity index (χ1n) is 9.98. The molecule has 1 aliphatic heterocycles. The van der Waals surface area contributed by atoms with Crippen molar-refractivity contribution in [2.75, 3.05) is 36.9 Å². The molecule has 0 fully saturated rings. The zero-order valence-electron chi connectivity index (χ0n) is 16.9. The van der Waals surface area contributed by atoms with Gasteiger partial charge in [0.15, 0.2) is 6.61 Å². The average Bonchev–Trinajstić information content (AvgIpc) is 2.73. The third-order valence-electron chi connectivity index (χ3n) is 5.01. The van der Waals surface area contributed by atoms with Gasteiger partial charge in [0.05, 0.1) is 5.69 Å². The molecule has 0 saturated heterocycles. The largest absolute Gasteiger partial charge is 0.482 e. The van der Waals surface area contributed by atoms with Gasteiger partial charge in [0.2, 0.25) is 0 Å². The van der Waals surface area contributed by atoms with E-state index in [0.717, 1.165) is 19.5 Å². The summed E-state index contributed by atoms with van der Waals surface area (Å²) >= 11 is 0. The Hall–Kier alpha value is -3.06. The van der Waals surface area contributed by atoms with Crippen LogP contribution in [0.25, 0.3) is 0 Å². The minimum Gasteiger partial charge on any atom is -0.482 e. The molecule has 0 spiro atoms. The molecule has 1 unspecified atom stereocenters. The van der Waals surface area contributed by atoms with Crippen LogP contribution in [0.5, 0.6) is 5.75 Å². The molecule has 0 aromatic heterocycles. The van der Waals surface area contributed by atoms with Gasteiger partial charge in [-0.3, -0.25) is 9.69 Å². The number of rotatable bonds is 8. The van der Waals surface area contributed by atoms with Crippen LogP contribution in [-0.4, -0.2) is 49.1 Å². The zero-order valence-corrected chi connectivity index (χ0v) is 16.9. The van der Waals surface area contributed by atoms with Crippen LogP contribution in [0, 0.1) is 0 Å². The molecule has 2 aromatic carbocycles. The fraction of sp³-hybridized carbons (Fsp3) is 0.364. The van der Waals surface area contributed by atoms with Crippen LogP contribution in [0.3, 0.4) is 0 Å². The quantitative estimate of drug-likeness (QED) is 0.640. The van der Waals surface area contributed by atoms with E-state index in [1.165, 1.54) is 5.56 Å². The van der Waals surface area contributed by atoms with Gasteiger partial charge in [0, 0.05) is 24.3 Å². The van der Waals surface area contributed by atoms with Crippen molar-refractivity contribution < 1.29 is 14.3 Å². The Morgan fingerprint density at radius 1 is 1.17 bits per heavy atom. The summed E-state index contributed by atoms with van der Waals surface area (Å²) in [5, 5.41) is 8.55. The number of carbonyl (C=O) groups is 2. The summed E-state index contributed by atoms with van der Waals surface area (Å²) < 4.78 is 5.39. The Morgan fingerprint density at radius 3 is 2.66 bits per heavy atom. The predicted octanol–water partition coefficient (Wildman–Crippen LogP) is 3.09. The Kier molecular flexibility index (Phi) is 7.08. The number of anilines is 2. The number of hydrogen-bond donors (Lipinski definition) is 3. The van der Waals surface area contributed by atoms with E-state index < -0.39 is 0 Å². The molecule has 0 bridgehead atoms. The normalized spacial score (nSPS) is 13.8. The Balaban J connectivity index is 1.58. The van der Waals surface area contributed by atoms with Crippen LogP contribution in [0.4, 0.5) is 16.2 Å². The molecule has 1 aliphatic rings. The van der Waals surface area contributed by atoms with Crippen molar-refractivity contribution in [2.45, 2.75) is 26.3 Å². The van der Waals surface area contributed by atoms with Gasteiger partial charge in [-0.15, -0.1) is 0 Å². The van der Waals surface area contributed by atoms with Crippen LogP contribution < -0.4 is 20.7 Å². The summed E-state index contributed by atoms with van der Waals surface area (Å²) in [5.74, 6) is 0.365. The topological polar surface area (TPSA) is 82.7 Å².